The van der Waals surface area contributed by atoms with Crippen molar-refractivity contribution in [3.05, 3.63) is 134 Å². The van der Waals surface area contributed by atoms with E-state index in [4.69, 9.17) is 18.5 Å². The Bertz CT molecular complexity index is 1520. The zero-order valence-electron chi connectivity index (χ0n) is 43.1. The van der Waals surface area contributed by atoms with Crippen LogP contribution in [-0.4, -0.2) is 75.6 Å². The number of rotatable bonds is 46. The highest BCUT2D eigenvalue weighted by atomic mass is 31.2. The van der Waals surface area contributed by atoms with Crippen LogP contribution in [0.3, 0.4) is 0 Å². The lowest BCUT2D eigenvalue weighted by Gasteiger charge is -2.24. The summed E-state index contributed by atoms with van der Waals surface area (Å²) in [5, 5.41) is 0. The standard InChI is InChI=1S/C58H96NO7P/c1-6-8-10-12-14-16-18-20-22-24-26-28-29-30-31-32-33-35-37-39-41-43-45-47-49-51-58(60)66-57(56-65-67(61,62)64-54-52-59(3,4)5)55-63-53-50-48-46-44-42-40-38-36-34-27-25-23-21-19-17-15-13-11-9-7-2/h8-11,14-17,20-23,26-28,30-31,33-35,38,40,57H,6-7,12-13,18-19,24-25,29,32,36-37,39,41-56H2,1-5H3/p+1/b10-8-,11-9-,16-14-,17-15-,22-20-,23-21-,28-26-,31-30-,34-27-,35-33-,40-38-. The van der Waals surface area contributed by atoms with Crippen molar-refractivity contribution < 1.29 is 37.3 Å². The summed E-state index contributed by atoms with van der Waals surface area (Å²) in [6.45, 7) is 5.27. The van der Waals surface area contributed by atoms with Crippen molar-refractivity contribution >= 4 is 13.8 Å². The molecule has 0 aromatic carbocycles. The minimum Gasteiger partial charge on any atom is -0.457 e. The molecule has 1 N–H and O–H groups in total. The third-order valence-corrected chi connectivity index (χ3v) is 11.2. The molecule has 0 aliphatic heterocycles. The maximum Gasteiger partial charge on any atom is 0.472 e. The van der Waals surface area contributed by atoms with Gasteiger partial charge in [-0.3, -0.25) is 13.8 Å². The number of carbonyl (C=O) groups excluding carboxylic acids is 1. The normalized spacial score (nSPS) is 14.7. The average Bonchev–Trinajstić information content (AvgIpc) is 3.29. The Hall–Kier alpha value is -3.36. The number of quaternary nitrogens is 1. The van der Waals surface area contributed by atoms with Crippen LogP contribution in [-0.2, 0) is 27.9 Å². The van der Waals surface area contributed by atoms with Crippen LogP contribution in [0.1, 0.15) is 168 Å². The topological polar surface area (TPSA) is 91.3 Å². The predicted molar refractivity (Wildman–Crippen MR) is 288 cm³/mol. The van der Waals surface area contributed by atoms with Crippen LogP contribution in [0.4, 0.5) is 0 Å². The van der Waals surface area contributed by atoms with E-state index in [1.807, 2.05) is 21.1 Å². The zero-order chi connectivity index (χ0) is 49.0. The summed E-state index contributed by atoms with van der Waals surface area (Å²) in [4.78, 5) is 23.0. The fraction of sp³-hybridized carbons (Fsp3) is 0.603. The van der Waals surface area contributed by atoms with Crippen LogP contribution in [0.5, 0.6) is 0 Å². The van der Waals surface area contributed by atoms with Crippen LogP contribution in [0.25, 0.3) is 0 Å². The molecule has 0 radical (unpaired) electrons. The van der Waals surface area contributed by atoms with E-state index in [0.717, 1.165) is 135 Å². The third-order valence-electron chi connectivity index (χ3n) is 10.2. The van der Waals surface area contributed by atoms with Gasteiger partial charge in [0, 0.05) is 13.0 Å². The number of ether oxygens (including phenoxy) is 2. The molecule has 0 saturated carbocycles. The first-order valence-corrected chi connectivity index (χ1v) is 27.4. The van der Waals surface area contributed by atoms with E-state index >= 15 is 0 Å². The number of phosphoric acid groups is 1. The van der Waals surface area contributed by atoms with Crippen molar-refractivity contribution in [3.63, 3.8) is 0 Å². The molecule has 0 rings (SSSR count). The molecular weight excluding hydrogens is 854 g/mol. The highest BCUT2D eigenvalue weighted by Crippen LogP contribution is 2.43. The summed E-state index contributed by atoms with van der Waals surface area (Å²) >= 11 is 0. The fourth-order valence-electron chi connectivity index (χ4n) is 6.29. The Morgan fingerprint density at radius 3 is 1.22 bits per heavy atom. The van der Waals surface area contributed by atoms with Crippen LogP contribution in [0, 0.1) is 0 Å². The molecule has 0 saturated heterocycles. The van der Waals surface area contributed by atoms with E-state index in [1.165, 1.54) is 12.8 Å². The number of allylic oxidation sites excluding steroid dienone is 22. The molecule has 67 heavy (non-hydrogen) atoms. The quantitative estimate of drug-likeness (QED) is 0.0214. The molecular formula is C58H97NO7P+. The summed E-state index contributed by atoms with van der Waals surface area (Å²) in [5.74, 6) is -0.344. The van der Waals surface area contributed by atoms with Crippen molar-refractivity contribution in [1.82, 2.24) is 0 Å². The Morgan fingerprint density at radius 2 is 0.821 bits per heavy atom. The molecule has 2 atom stereocenters. The molecule has 0 aromatic rings. The summed E-state index contributed by atoms with van der Waals surface area (Å²) in [6.07, 6.45) is 72.1. The lowest BCUT2D eigenvalue weighted by molar-refractivity contribution is -0.870. The first-order chi connectivity index (χ1) is 32.6. The third kappa shape index (κ3) is 53.5. The van der Waals surface area contributed by atoms with Gasteiger partial charge in [0.15, 0.2) is 0 Å². The van der Waals surface area contributed by atoms with Gasteiger partial charge in [0.1, 0.15) is 19.3 Å². The number of hydrogen-bond donors (Lipinski definition) is 1. The highest BCUT2D eigenvalue weighted by Gasteiger charge is 2.26. The molecule has 0 heterocycles. The molecule has 0 bridgehead atoms. The molecule has 0 aliphatic rings. The molecule has 380 valence electrons. The number of esters is 1. The van der Waals surface area contributed by atoms with Gasteiger partial charge in [0.2, 0.25) is 0 Å². The summed E-state index contributed by atoms with van der Waals surface area (Å²) < 4.78 is 35.1. The van der Waals surface area contributed by atoms with E-state index in [2.05, 4.69) is 148 Å². The van der Waals surface area contributed by atoms with Crippen LogP contribution in [0.15, 0.2) is 134 Å². The molecule has 8 nitrogen and oxygen atoms in total. The van der Waals surface area contributed by atoms with Crippen molar-refractivity contribution in [3.8, 4) is 0 Å². The average molecular weight is 951 g/mol. The number of carbonyl (C=O) groups is 1. The van der Waals surface area contributed by atoms with Crippen LogP contribution >= 0.6 is 7.82 Å². The van der Waals surface area contributed by atoms with E-state index in [-0.39, 0.29) is 25.8 Å². The van der Waals surface area contributed by atoms with Gasteiger partial charge in [-0.2, -0.15) is 0 Å². The predicted octanol–water partition coefficient (Wildman–Crippen LogP) is 16.3. The summed E-state index contributed by atoms with van der Waals surface area (Å²) in [6, 6.07) is 0. The largest absolute Gasteiger partial charge is 0.472 e. The molecule has 0 amide bonds. The Labute approximate surface area is 411 Å². The molecule has 2 unspecified atom stereocenters. The highest BCUT2D eigenvalue weighted by molar-refractivity contribution is 7.47. The van der Waals surface area contributed by atoms with Gasteiger partial charge in [-0.25, -0.2) is 4.57 Å². The minimum atomic E-state index is -4.31. The van der Waals surface area contributed by atoms with Crippen molar-refractivity contribution in [2.45, 2.75) is 174 Å². The molecule has 0 spiro atoms. The lowest BCUT2D eigenvalue weighted by atomic mass is 10.1. The Kier molecular flexibility index (Phi) is 46.6. The van der Waals surface area contributed by atoms with Crippen molar-refractivity contribution in [2.75, 3.05) is 54.1 Å². The minimum absolute atomic E-state index is 0.0712. The number of phosphoric ester groups is 1. The zero-order valence-corrected chi connectivity index (χ0v) is 44.0. The van der Waals surface area contributed by atoms with Gasteiger partial charge < -0.3 is 18.9 Å². The van der Waals surface area contributed by atoms with Crippen molar-refractivity contribution in [2.24, 2.45) is 0 Å². The molecule has 0 fully saturated rings. The summed E-state index contributed by atoms with van der Waals surface area (Å²) in [7, 11) is 1.61. The SMILES string of the molecule is CC/C=C\C/C=C\C/C=C\C/C=C\C/C=C\C/C=C\CCCCCCCCC(=O)OC(COCCCCCC/C=C\C/C=C\C/C=C\C/C=C\C/C=C\CC)COP(=O)(O)OCC[N+](C)(C)C. The first kappa shape index (κ1) is 63.6. The second-order valence-corrected chi connectivity index (χ2v) is 19.2. The smallest absolute Gasteiger partial charge is 0.457 e. The number of nitrogens with zero attached hydrogens (tertiary/aromatic N) is 1. The number of likely N-dealkylation sites (N-methyl/N-ethyl adjacent to an activating group) is 1. The monoisotopic (exact) mass is 951 g/mol. The van der Waals surface area contributed by atoms with Gasteiger partial charge in [0.25, 0.3) is 0 Å². The number of unbranched alkanes of at least 4 members (excludes halogenated alkanes) is 10. The molecule has 9 heteroatoms. The van der Waals surface area contributed by atoms with Gasteiger partial charge in [-0.05, 0) is 109 Å². The van der Waals surface area contributed by atoms with Gasteiger partial charge in [-0.1, -0.05) is 186 Å². The van der Waals surface area contributed by atoms with Gasteiger partial charge in [-0.15, -0.1) is 0 Å². The van der Waals surface area contributed by atoms with Crippen LogP contribution < -0.4 is 0 Å². The molecule has 0 aliphatic carbocycles. The van der Waals surface area contributed by atoms with E-state index in [1.54, 1.807) is 0 Å². The Morgan fingerprint density at radius 1 is 0.463 bits per heavy atom. The first-order valence-electron chi connectivity index (χ1n) is 25.9. The van der Waals surface area contributed by atoms with E-state index < -0.39 is 13.9 Å². The maximum atomic E-state index is 12.8. The number of hydrogen-bond acceptors (Lipinski definition) is 6. The van der Waals surface area contributed by atoms with E-state index in [9.17, 15) is 14.3 Å². The second-order valence-electron chi connectivity index (χ2n) is 17.8. The maximum absolute atomic E-state index is 12.8. The van der Waals surface area contributed by atoms with E-state index in [0.29, 0.717) is 24.1 Å². The Balaban J connectivity index is 4.28. The van der Waals surface area contributed by atoms with Crippen molar-refractivity contribution in [1.29, 1.82) is 0 Å². The molecule has 0 aromatic heterocycles. The van der Waals surface area contributed by atoms with Gasteiger partial charge in [0.05, 0.1) is 34.4 Å². The lowest BCUT2D eigenvalue weighted by Crippen LogP contribution is -2.37. The second kappa shape index (κ2) is 49.1. The fourth-order valence-corrected chi connectivity index (χ4v) is 7.03. The summed E-state index contributed by atoms with van der Waals surface area (Å²) in [5.41, 5.74) is 0. The van der Waals surface area contributed by atoms with Crippen LogP contribution in [0.2, 0.25) is 0 Å². The van der Waals surface area contributed by atoms with Gasteiger partial charge >= 0.3 is 13.8 Å².